The maximum absolute atomic E-state index is 13.1. The summed E-state index contributed by atoms with van der Waals surface area (Å²) >= 11 is 0. The van der Waals surface area contributed by atoms with E-state index >= 15 is 0 Å². The summed E-state index contributed by atoms with van der Waals surface area (Å²) in [4.78, 5) is 8.59. The molecule has 2 N–H and O–H groups in total. The number of nitrogens with zero attached hydrogens (tertiary/aromatic N) is 3. The van der Waals surface area contributed by atoms with E-state index in [1.807, 2.05) is 4.90 Å². The van der Waals surface area contributed by atoms with Crippen LogP contribution in [0.15, 0.2) is 47.5 Å². The van der Waals surface area contributed by atoms with Gasteiger partial charge in [0.1, 0.15) is 5.82 Å². The number of benzene rings is 2. The summed E-state index contributed by atoms with van der Waals surface area (Å²) in [5.74, 6) is 0.449. The lowest BCUT2D eigenvalue weighted by Crippen LogP contribution is -2.51. The van der Waals surface area contributed by atoms with Crippen LogP contribution in [-0.4, -0.2) is 57.3 Å². The highest BCUT2D eigenvalue weighted by molar-refractivity contribution is 14.0. The van der Waals surface area contributed by atoms with Crippen LogP contribution in [0.3, 0.4) is 0 Å². The Morgan fingerprint density at radius 3 is 2.35 bits per heavy atom. The molecule has 0 amide bonds. The molecule has 31 heavy (non-hydrogen) atoms. The maximum atomic E-state index is 13.1. The van der Waals surface area contributed by atoms with Crippen LogP contribution in [0.4, 0.5) is 18.9 Å². The molecule has 1 fully saturated rings. The fraction of sp³-hybridized carbons (Fsp3) is 0.381. The van der Waals surface area contributed by atoms with Crippen molar-refractivity contribution in [2.45, 2.75) is 13.0 Å². The molecule has 1 aliphatic rings. The van der Waals surface area contributed by atoms with Gasteiger partial charge in [-0.3, -0.25) is 4.99 Å². The number of methoxy groups -OCH3 is 1. The van der Waals surface area contributed by atoms with E-state index in [-0.39, 0.29) is 41.3 Å². The van der Waals surface area contributed by atoms with E-state index < -0.39 is 6.61 Å². The molecule has 170 valence electrons. The van der Waals surface area contributed by atoms with Gasteiger partial charge in [-0.1, -0.05) is 6.07 Å². The zero-order valence-electron chi connectivity index (χ0n) is 17.1. The fourth-order valence-corrected chi connectivity index (χ4v) is 3.31. The van der Waals surface area contributed by atoms with Gasteiger partial charge >= 0.3 is 6.61 Å². The third-order valence-corrected chi connectivity index (χ3v) is 4.91. The highest BCUT2D eigenvalue weighted by Crippen LogP contribution is 2.29. The molecule has 2 aromatic rings. The summed E-state index contributed by atoms with van der Waals surface area (Å²) in [5, 5.41) is 0. The number of nitrogens with two attached hydrogens (primary N) is 1. The highest BCUT2D eigenvalue weighted by Gasteiger charge is 2.18. The van der Waals surface area contributed by atoms with Crippen molar-refractivity contribution in [3.05, 3.63) is 53.8 Å². The van der Waals surface area contributed by atoms with E-state index in [0.29, 0.717) is 32.0 Å². The Morgan fingerprint density at radius 2 is 1.74 bits per heavy atom. The molecule has 0 radical (unpaired) electrons. The minimum atomic E-state index is -2.92. The van der Waals surface area contributed by atoms with Crippen molar-refractivity contribution in [3.8, 4) is 11.5 Å². The molecule has 1 aliphatic heterocycles. The summed E-state index contributed by atoms with van der Waals surface area (Å²) < 4.78 is 47.7. The number of rotatable bonds is 7. The first-order chi connectivity index (χ1) is 14.5. The number of anilines is 1. The fourth-order valence-electron chi connectivity index (χ4n) is 3.31. The number of hydrogen-bond donors (Lipinski definition) is 1. The number of alkyl halides is 2. The van der Waals surface area contributed by atoms with Gasteiger partial charge < -0.3 is 25.0 Å². The predicted octanol–water partition coefficient (Wildman–Crippen LogP) is 3.73. The number of hydrogen-bond acceptors (Lipinski definition) is 4. The standard InChI is InChI=1S/C21H25F3N4O2.HI/c1-29-18-7-2-15(14-19(18)30-20(23)24)8-9-26-21(25)28-12-10-27(11-13-28)17-5-3-16(22)4-6-17;/h2-7,14,20H,8-13H2,1H3,(H2,25,26);1H. The third-order valence-electron chi connectivity index (χ3n) is 4.91. The van der Waals surface area contributed by atoms with Crippen LogP contribution in [0.1, 0.15) is 5.56 Å². The minimum Gasteiger partial charge on any atom is -0.493 e. The Labute approximate surface area is 196 Å². The van der Waals surface area contributed by atoms with Crippen LogP contribution < -0.4 is 20.1 Å². The predicted molar refractivity (Wildman–Crippen MR) is 125 cm³/mol. The van der Waals surface area contributed by atoms with E-state index in [1.165, 1.54) is 25.3 Å². The SMILES string of the molecule is COc1ccc(CCN=C(N)N2CCN(c3ccc(F)cc3)CC2)cc1OC(F)F.I. The summed E-state index contributed by atoms with van der Waals surface area (Å²) in [6, 6.07) is 11.3. The van der Waals surface area contributed by atoms with E-state index in [4.69, 9.17) is 10.5 Å². The Morgan fingerprint density at radius 1 is 1.06 bits per heavy atom. The van der Waals surface area contributed by atoms with Crippen molar-refractivity contribution in [1.29, 1.82) is 0 Å². The molecular formula is C21H26F3IN4O2. The van der Waals surface area contributed by atoms with Gasteiger partial charge in [-0.2, -0.15) is 8.78 Å². The van der Waals surface area contributed by atoms with Gasteiger partial charge in [-0.15, -0.1) is 24.0 Å². The average molecular weight is 550 g/mol. The number of piperazine rings is 1. The smallest absolute Gasteiger partial charge is 0.387 e. The van der Waals surface area contributed by atoms with Gasteiger partial charge in [-0.05, 0) is 48.4 Å². The number of guanidine groups is 1. The molecule has 1 saturated heterocycles. The molecule has 1 heterocycles. The third kappa shape index (κ3) is 7.08. The second kappa shape index (κ2) is 11.9. The largest absolute Gasteiger partial charge is 0.493 e. The zero-order chi connectivity index (χ0) is 21.5. The van der Waals surface area contributed by atoms with Crippen molar-refractivity contribution in [1.82, 2.24) is 4.90 Å². The quantitative estimate of drug-likeness (QED) is 0.324. The lowest BCUT2D eigenvalue weighted by atomic mass is 10.1. The summed E-state index contributed by atoms with van der Waals surface area (Å²) in [5.41, 5.74) is 7.90. The molecule has 0 bridgehead atoms. The minimum absolute atomic E-state index is 0. The molecule has 3 rings (SSSR count). The second-order valence-corrected chi connectivity index (χ2v) is 6.80. The average Bonchev–Trinajstić information content (AvgIpc) is 2.74. The van der Waals surface area contributed by atoms with Gasteiger partial charge in [0.2, 0.25) is 0 Å². The van der Waals surface area contributed by atoms with Crippen molar-refractivity contribution in [2.24, 2.45) is 10.7 Å². The van der Waals surface area contributed by atoms with Crippen molar-refractivity contribution < 1.29 is 22.6 Å². The van der Waals surface area contributed by atoms with E-state index in [1.54, 1.807) is 24.3 Å². The number of halogens is 4. The van der Waals surface area contributed by atoms with Gasteiger partial charge in [0, 0.05) is 38.4 Å². The Kier molecular flexibility index (Phi) is 9.53. The lowest BCUT2D eigenvalue weighted by molar-refractivity contribution is -0.0512. The summed E-state index contributed by atoms with van der Waals surface area (Å²) in [6.45, 7) is 0.438. The van der Waals surface area contributed by atoms with Gasteiger partial charge in [0.15, 0.2) is 17.5 Å². The Hall–Kier alpha value is -2.37. The maximum Gasteiger partial charge on any atom is 0.387 e. The molecule has 0 aromatic heterocycles. The molecule has 0 spiro atoms. The lowest BCUT2D eigenvalue weighted by Gasteiger charge is -2.36. The van der Waals surface area contributed by atoms with Crippen LogP contribution in [0.5, 0.6) is 11.5 Å². The molecule has 0 aliphatic carbocycles. The topological polar surface area (TPSA) is 63.3 Å². The Bertz CT molecular complexity index is 860. The molecule has 0 saturated carbocycles. The molecule has 10 heteroatoms. The van der Waals surface area contributed by atoms with Gasteiger partial charge in [0.05, 0.1) is 7.11 Å². The highest BCUT2D eigenvalue weighted by atomic mass is 127. The van der Waals surface area contributed by atoms with Crippen LogP contribution in [-0.2, 0) is 6.42 Å². The molecule has 6 nitrogen and oxygen atoms in total. The molecular weight excluding hydrogens is 524 g/mol. The Balaban J connectivity index is 0.00000341. The van der Waals surface area contributed by atoms with Crippen LogP contribution in [0, 0.1) is 5.82 Å². The number of aliphatic imine (C=N–C) groups is 1. The van der Waals surface area contributed by atoms with E-state index in [2.05, 4.69) is 14.6 Å². The first-order valence-electron chi connectivity index (χ1n) is 9.63. The normalized spacial score (nSPS) is 14.4. The molecule has 2 aromatic carbocycles. The van der Waals surface area contributed by atoms with Gasteiger partial charge in [0.25, 0.3) is 0 Å². The van der Waals surface area contributed by atoms with Crippen molar-refractivity contribution in [2.75, 3.05) is 44.7 Å². The first-order valence-corrected chi connectivity index (χ1v) is 9.63. The monoisotopic (exact) mass is 550 g/mol. The number of ether oxygens (including phenoxy) is 2. The summed E-state index contributed by atoms with van der Waals surface area (Å²) in [6.07, 6.45) is 0.528. The van der Waals surface area contributed by atoms with E-state index in [9.17, 15) is 13.2 Å². The zero-order valence-corrected chi connectivity index (χ0v) is 19.5. The van der Waals surface area contributed by atoms with Crippen molar-refractivity contribution >= 4 is 35.6 Å². The van der Waals surface area contributed by atoms with E-state index in [0.717, 1.165) is 24.3 Å². The molecule has 0 atom stereocenters. The van der Waals surface area contributed by atoms with Crippen molar-refractivity contribution in [3.63, 3.8) is 0 Å². The van der Waals surface area contributed by atoms with Crippen LogP contribution >= 0.6 is 24.0 Å². The first kappa shape index (κ1) is 24.9. The van der Waals surface area contributed by atoms with Crippen LogP contribution in [0.2, 0.25) is 0 Å². The summed E-state index contributed by atoms with van der Waals surface area (Å²) in [7, 11) is 1.40. The second-order valence-electron chi connectivity index (χ2n) is 6.80. The molecule has 0 unspecified atom stereocenters. The van der Waals surface area contributed by atoms with Crippen LogP contribution in [0.25, 0.3) is 0 Å². The van der Waals surface area contributed by atoms with Gasteiger partial charge in [-0.25, -0.2) is 4.39 Å².